The highest BCUT2D eigenvalue weighted by Crippen LogP contribution is 2.19. The van der Waals surface area contributed by atoms with Crippen LogP contribution in [0.1, 0.15) is 36.6 Å². The van der Waals surface area contributed by atoms with Crippen LogP contribution < -0.4 is 44.2 Å². The van der Waals surface area contributed by atoms with E-state index in [1.165, 1.54) is 19.4 Å². The van der Waals surface area contributed by atoms with Crippen LogP contribution in [-0.2, 0) is 43.2 Å². The van der Waals surface area contributed by atoms with Crippen LogP contribution in [0.2, 0.25) is 0 Å². The molecule has 2 aromatic heterocycles. The third kappa shape index (κ3) is 11.3. The zero-order valence-corrected chi connectivity index (χ0v) is 28.1. The van der Waals surface area contributed by atoms with Crippen molar-refractivity contribution >= 4 is 52.1 Å². The van der Waals surface area contributed by atoms with Crippen LogP contribution in [-0.4, -0.2) is 81.2 Å². The number of amides is 5. The number of imidazole rings is 1. The first kappa shape index (κ1) is 37.4. The first-order chi connectivity index (χ1) is 24.4. The van der Waals surface area contributed by atoms with Crippen molar-refractivity contribution < 1.29 is 24.0 Å². The van der Waals surface area contributed by atoms with Gasteiger partial charge in [0, 0.05) is 67.4 Å². The molecule has 0 aliphatic rings. The highest BCUT2D eigenvalue weighted by molar-refractivity contribution is 5.96. The van der Waals surface area contributed by atoms with Gasteiger partial charge < -0.3 is 54.2 Å². The zero-order valence-electron chi connectivity index (χ0n) is 28.1. The Bertz CT molecular complexity index is 1830. The molecule has 0 unspecified atom stereocenters. The number of H-pyrrole nitrogens is 2. The van der Waals surface area contributed by atoms with E-state index in [2.05, 4.69) is 41.2 Å². The minimum absolute atomic E-state index is 0.0154. The van der Waals surface area contributed by atoms with Crippen LogP contribution >= 0.6 is 0 Å². The van der Waals surface area contributed by atoms with Gasteiger partial charge in [0.25, 0.3) is 0 Å². The number of para-hydroxylation sites is 1. The molecule has 2 heterocycles. The Kier molecular flexibility index (Phi) is 13.1. The Labute approximate surface area is 293 Å². The van der Waals surface area contributed by atoms with Crippen LogP contribution in [0.15, 0.2) is 72.2 Å². The number of guanidine groups is 1. The summed E-state index contributed by atoms with van der Waals surface area (Å²) in [5.41, 5.74) is 25.9. The van der Waals surface area contributed by atoms with E-state index in [0.29, 0.717) is 16.9 Å². The SMILES string of the molecule is CC(=O)N[C@@H](Cc1cnc[nH]1)C(=O)N[C@H](Cc1ccc(N)cc1)C(=O)N[C@@H](CCCN=C(N)N)C(=O)N[C@@H](Cc1c[nH]c2ccccc12)C(N)=O. The summed E-state index contributed by atoms with van der Waals surface area (Å²) in [6.07, 6.45) is 5.24. The molecule has 17 nitrogen and oxygen atoms in total. The van der Waals surface area contributed by atoms with Crippen LogP contribution in [0.3, 0.4) is 0 Å². The maximum Gasteiger partial charge on any atom is 0.243 e. The molecule has 0 aliphatic carbocycles. The normalized spacial score (nSPS) is 13.3. The standard InChI is InChI=1S/C34H44N12O5/c1-19(47)43-29(15-23-17-39-18-42-23)33(51)46-28(13-20-8-10-22(35)11-9-20)32(50)44-26(7-4-12-40-34(37)38)31(49)45-27(30(36)48)14-21-16-41-25-6-3-2-5-24(21)25/h2-3,5-6,8-11,16-18,26-29,41H,4,7,12-15,35H2,1H3,(H2,36,48)(H,39,42)(H,43,47)(H,44,50)(H,45,49)(H,46,51)(H4,37,38,40)/t26-,27-,28+,29-/m0/s1. The van der Waals surface area contributed by atoms with E-state index >= 15 is 0 Å². The van der Waals surface area contributed by atoms with Gasteiger partial charge in [-0.25, -0.2) is 4.98 Å². The van der Waals surface area contributed by atoms with Gasteiger partial charge in [-0.05, 0) is 42.2 Å². The fourth-order valence-corrected chi connectivity index (χ4v) is 5.50. The monoisotopic (exact) mass is 700 g/mol. The van der Waals surface area contributed by atoms with Crippen molar-refractivity contribution in [3.63, 3.8) is 0 Å². The maximum atomic E-state index is 14.0. The number of carbonyl (C=O) groups excluding carboxylic acids is 5. The molecule has 0 saturated heterocycles. The average molecular weight is 701 g/mol. The molecule has 14 N–H and O–H groups in total. The molecule has 0 fully saturated rings. The zero-order chi connectivity index (χ0) is 36.9. The molecule has 2 aromatic carbocycles. The van der Waals surface area contributed by atoms with Gasteiger partial charge in [-0.3, -0.25) is 29.0 Å². The van der Waals surface area contributed by atoms with Crippen LogP contribution in [0.5, 0.6) is 0 Å². The largest absolute Gasteiger partial charge is 0.399 e. The summed E-state index contributed by atoms with van der Waals surface area (Å²) < 4.78 is 0. The average Bonchev–Trinajstić information content (AvgIpc) is 3.75. The number of nitrogens with zero attached hydrogens (tertiary/aromatic N) is 2. The van der Waals surface area contributed by atoms with Crippen molar-refractivity contribution in [2.75, 3.05) is 12.3 Å². The molecule has 51 heavy (non-hydrogen) atoms. The molecule has 17 heteroatoms. The Hall–Kier alpha value is -6.39. The number of primary amides is 1. The number of fused-ring (bicyclic) bond motifs is 1. The number of nitrogens with two attached hydrogens (primary N) is 4. The summed E-state index contributed by atoms with van der Waals surface area (Å²) in [7, 11) is 0. The van der Waals surface area contributed by atoms with E-state index in [4.69, 9.17) is 22.9 Å². The molecule has 4 rings (SSSR count). The summed E-state index contributed by atoms with van der Waals surface area (Å²) in [4.78, 5) is 79.9. The summed E-state index contributed by atoms with van der Waals surface area (Å²) in [6, 6.07) is 9.67. The summed E-state index contributed by atoms with van der Waals surface area (Å²) in [5.74, 6) is -3.38. The number of anilines is 1. The van der Waals surface area contributed by atoms with Gasteiger partial charge in [0.1, 0.15) is 24.2 Å². The van der Waals surface area contributed by atoms with E-state index in [0.717, 1.165) is 16.5 Å². The lowest BCUT2D eigenvalue weighted by Gasteiger charge is -2.26. The van der Waals surface area contributed by atoms with Gasteiger partial charge in [-0.2, -0.15) is 0 Å². The Morgan fingerprint density at radius 2 is 1.43 bits per heavy atom. The fourth-order valence-electron chi connectivity index (χ4n) is 5.50. The van der Waals surface area contributed by atoms with Crippen molar-refractivity contribution in [3.05, 3.63) is 84.1 Å². The second-order valence-electron chi connectivity index (χ2n) is 12.1. The predicted octanol–water partition coefficient (Wildman–Crippen LogP) is -1.00. The number of aromatic amines is 2. The van der Waals surface area contributed by atoms with E-state index in [-0.39, 0.29) is 44.6 Å². The van der Waals surface area contributed by atoms with E-state index < -0.39 is 53.7 Å². The van der Waals surface area contributed by atoms with Gasteiger partial charge in [0.15, 0.2) is 5.96 Å². The Morgan fingerprint density at radius 3 is 2.08 bits per heavy atom. The summed E-state index contributed by atoms with van der Waals surface area (Å²) in [6.45, 7) is 1.43. The number of nitrogen functional groups attached to an aromatic ring is 1. The molecular weight excluding hydrogens is 656 g/mol. The molecule has 5 amide bonds. The molecule has 0 spiro atoms. The lowest BCUT2D eigenvalue weighted by molar-refractivity contribution is -0.134. The number of carbonyl (C=O) groups is 5. The lowest BCUT2D eigenvalue weighted by Crippen LogP contribution is -2.59. The number of rotatable bonds is 18. The number of benzene rings is 2. The highest BCUT2D eigenvalue weighted by Gasteiger charge is 2.31. The fraction of sp³-hybridized carbons (Fsp3) is 0.324. The molecule has 270 valence electrons. The van der Waals surface area contributed by atoms with Crippen molar-refractivity contribution in [1.82, 2.24) is 36.2 Å². The van der Waals surface area contributed by atoms with Crippen molar-refractivity contribution in [2.45, 2.75) is 63.2 Å². The molecule has 0 aliphatic heterocycles. The lowest BCUT2D eigenvalue weighted by atomic mass is 10.0. The second kappa shape index (κ2) is 17.8. The highest BCUT2D eigenvalue weighted by atomic mass is 16.2. The second-order valence-corrected chi connectivity index (χ2v) is 12.1. The third-order valence-corrected chi connectivity index (χ3v) is 8.06. The number of aliphatic imine (C=N–C) groups is 1. The van der Waals surface area contributed by atoms with E-state index in [9.17, 15) is 24.0 Å². The first-order valence-corrected chi connectivity index (χ1v) is 16.3. The minimum atomic E-state index is -1.20. The predicted molar refractivity (Wildman–Crippen MR) is 191 cm³/mol. The Balaban J connectivity index is 1.57. The summed E-state index contributed by atoms with van der Waals surface area (Å²) >= 11 is 0. The minimum Gasteiger partial charge on any atom is -0.399 e. The van der Waals surface area contributed by atoms with Crippen LogP contribution in [0.25, 0.3) is 10.9 Å². The number of aromatic nitrogens is 3. The van der Waals surface area contributed by atoms with Crippen molar-refractivity contribution in [1.29, 1.82) is 0 Å². The maximum absolute atomic E-state index is 14.0. The van der Waals surface area contributed by atoms with Gasteiger partial charge in [0.2, 0.25) is 29.5 Å². The molecular formula is C34H44N12O5. The Morgan fingerprint density at radius 1 is 0.784 bits per heavy atom. The van der Waals surface area contributed by atoms with Gasteiger partial charge in [-0.15, -0.1) is 0 Å². The van der Waals surface area contributed by atoms with Crippen molar-refractivity contribution in [2.24, 2.45) is 22.2 Å². The van der Waals surface area contributed by atoms with Gasteiger partial charge in [-0.1, -0.05) is 30.3 Å². The molecule has 4 aromatic rings. The smallest absolute Gasteiger partial charge is 0.243 e. The van der Waals surface area contributed by atoms with E-state index in [1.807, 2.05) is 24.3 Å². The van der Waals surface area contributed by atoms with E-state index in [1.54, 1.807) is 30.5 Å². The van der Waals surface area contributed by atoms with Gasteiger partial charge in [0.05, 0.1) is 6.33 Å². The first-order valence-electron chi connectivity index (χ1n) is 16.3. The van der Waals surface area contributed by atoms with Crippen LogP contribution in [0.4, 0.5) is 5.69 Å². The van der Waals surface area contributed by atoms with Crippen LogP contribution in [0, 0.1) is 0 Å². The molecule has 0 bridgehead atoms. The number of hydrogen-bond donors (Lipinski definition) is 10. The number of nitrogens with one attached hydrogen (secondary N) is 6. The molecule has 0 radical (unpaired) electrons. The van der Waals surface area contributed by atoms with Crippen molar-refractivity contribution in [3.8, 4) is 0 Å². The molecule has 0 saturated carbocycles. The topological polar surface area (TPSA) is 294 Å². The molecule has 4 atom stereocenters. The summed E-state index contributed by atoms with van der Waals surface area (Å²) in [5, 5.41) is 11.6. The quantitative estimate of drug-likeness (QED) is 0.0263. The van der Waals surface area contributed by atoms with Gasteiger partial charge >= 0.3 is 0 Å². The number of hydrogen-bond acceptors (Lipinski definition) is 8. The third-order valence-electron chi connectivity index (χ3n) is 8.06.